The molecule has 158 valence electrons. The average Bonchev–Trinajstić information content (AvgIpc) is 3.16. The molecule has 0 saturated carbocycles. The number of rotatable bonds is 8. The van der Waals surface area contributed by atoms with E-state index in [9.17, 15) is 4.79 Å². The van der Waals surface area contributed by atoms with Gasteiger partial charge in [0.15, 0.2) is 0 Å². The van der Waals surface area contributed by atoms with E-state index in [1.165, 1.54) is 15.6 Å². The third kappa shape index (κ3) is 5.02. The van der Waals surface area contributed by atoms with Crippen LogP contribution >= 0.6 is 0 Å². The molecule has 7 nitrogen and oxygen atoms in total. The molecule has 0 aliphatic carbocycles. The number of aromatic nitrogens is 3. The van der Waals surface area contributed by atoms with Crippen molar-refractivity contribution in [3.8, 4) is 28.6 Å². The summed E-state index contributed by atoms with van der Waals surface area (Å²) in [6.45, 7) is 1.44. The van der Waals surface area contributed by atoms with E-state index in [2.05, 4.69) is 10.00 Å². The highest BCUT2D eigenvalue weighted by Crippen LogP contribution is 2.22. The van der Waals surface area contributed by atoms with Crippen molar-refractivity contribution in [2.45, 2.75) is 0 Å². The molecule has 0 fully saturated rings. The fourth-order valence-electron chi connectivity index (χ4n) is 2.99. The largest absolute Gasteiger partial charge is 0.492 e. The number of benzene rings is 3. The summed E-state index contributed by atoms with van der Waals surface area (Å²) in [6, 6.07) is 24.2. The Morgan fingerprint density at radius 3 is 2.10 bits per heavy atom. The summed E-state index contributed by atoms with van der Waals surface area (Å²) in [6.07, 6.45) is 1.51. The lowest BCUT2D eigenvalue weighted by atomic mass is 10.3. The quantitative estimate of drug-likeness (QED) is 0.438. The minimum Gasteiger partial charge on any atom is -0.492 e. The molecule has 0 bridgehead atoms. The molecule has 0 amide bonds. The molecular weight excluding hydrogens is 392 g/mol. The normalized spacial score (nSPS) is 10.9. The second-order valence-corrected chi connectivity index (χ2v) is 7.25. The van der Waals surface area contributed by atoms with Gasteiger partial charge < -0.3 is 14.4 Å². The van der Waals surface area contributed by atoms with Crippen LogP contribution in [0.5, 0.6) is 17.2 Å². The SMILES string of the molecule is CN(C)CCOc1ccc(-n2cnn(-c3ccc(Oc4ccccc4)cc3)c2=O)cc1. The highest BCUT2D eigenvalue weighted by Gasteiger charge is 2.09. The zero-order valence-electron chi connectivity index (χ0n) is 17.5. The van der Waals surface area contributed by atoms with Crippen molar-refractivity contribution in [3.63, 3.8) is 0 Å². The van der Waals surface area contributed by atoms with Crippen LogP contribution in [0.15, 0.2) is 90.0 Å². The highest BCUT2D eigenvalue weighted by atomic mass is 16.5. The molecule has 0 aliphatic heterocycles. The van der Waals surface area contributed by atoms with Crippen LogP contribution in [0.2, 0.25) is 0 Å². The van der Waals surface area contributed by atoms with E-state index in [0.29, 0.717) is 18.0 Å². The number of hydrogen-bond donors (Lipinski definition) is 0. The van der Waals surface area contributed by atoms with Gasteiger partial charge in [0.2, 0.25) is 0 Å². The van der Waals surface area contributed by atoms with Crippen molar-refractivity contribution < 1.29 is 9.47 Å². The van der Waals surface area contributed by atoms with Gasteiger partial charge in [-0.1, -0.05) is 18.2 Å². The van der Waals surface area contributed by atoms with E-state index in [-0.39, 0.29) is 5.69 Å². The molecule has 1 heterocycles. The van der Waals surface area contributed by atoms with E-state index in [1.54, 1.807) is 12.1 Å². The lowest BCUT2D eigenvalue weighted by Gasteiger charge is -2.11. The zero-order valence-corrected chi connectivity index (χ0v) is 17.5. The van der Waals surface area contributed by atoms with Gasteiger partial charge in [0, 0.05) is 6.54 Å². The molecule has 3 aromatic carbocycles. The van der Waals surface area contributed by atoms with Gasteiger partial charge in [-0.3, -0.25) is 0 Å². The first kappa shape index (κ1) is 20.4. The Bertz CT molecular complexity index is 1160. The first-order chi connectivity index (χ1) is 15.1. The van der Waals surface area contributed by atoms with Crippen molar-refractivity contribution in [2.24, 2.45) is 0 Å². The molecule has 0 saturated heterocycles. The van der Waals surface area contributed by atoms with Gasteiger partial charge in [-0.15, -0.1) is 0 Å². The van der Waals surface area contributed by atoms with Crippen LogP contribution in [-0.4, -0.2) is 46.5 Å². The van der Waals surface area contributed by atoms with Crippen molar-refractivity contribution in [1.29, 1.82) is 0 Å². The van der Waals surface area contributed by atoms with Gasteiger partial charge in [-0.25, -0.2) is 9.36 Å². The lowest BCUT2D eigenvalue weighted by molar-refractivity contribution is 0.261. The standard InChI is InChI=1S/C24H24N4O3/c1-26(2)16-17-30-21-12-8-19(9-13-21)27-18-25-28(24(27)29)20-10-14-23(15-11-20)31-22-6-4-3-5-7-22/h3-15,18H,16-17H2,1-2H3. The monoisotopic (exact) mass is 416 g/mol. The second kappa shape index (κ2) is 9.32. The summed E-state index contributed by atoms with van der Waals surface area (Å²) < 4.78 is 14.4. The van der Waals surface area contributed by atoms with Crippen LogP contribution in [0.1, 0.15) is 0 Å². The molecule has 0 atom stereocenters. The minimum absolute atomic E-state index is 0.252. The third-order valence-electron chi connectivity index (χ3n) is 4.65. The van der Waals surface area contributed by atoms with Gasteiger partial charge in [0.1, 0.15) is 30.2 Å². The van der Waals surface area contributed by atoms with Gasteiger partial charge in [0.05, 0.1) is 11.4 Å². The van der Waals surface area contributed by atoms with Crippen molar-refractivity contribution in [1.82, 2.24) is 19.2 Å². The number of ether oxygens (including phenoxy) is 2. The van der Waals surface area contributed by atoms with Crippen LogP contribution in [-0.2, 0) is 0 Å². The highest BCUT2D eigenvalue weighted by molar-refractivity contribution is 5.40. The molecule has 0 spiro atoms. The molecule has 0 aliphatic rings. The number of likely N-dealkylation sites (N-methyl/N-ethyl adjacent to an activating group) is 1. The molecule has 4 aromatic rings. The van der Waals surface area contributed by atoms with E-state index in [0.717, 1.165) is 23.7 Å². The smallest absolute Gasteiger partial charge is 0.355 e. The molecule has 0 radical (unpaired) electrons. The predicted octanol–water partition coefficient (Wildman–Crippen LogP) is 3.76. The average molecular weight is 416 g/mol. The predicted molar refractivity (Wildman–Crippen MR) is 120 cm³/mol. The summed E-state index contributed by atoms with van der Waals surface area (Å²) in [5.41, 5.74) is 1.13. The maximum atomic E-state index is 12.9. The van der Waals surface area contributed by atoms with Crippen LogP contribution in [0.4, 0.5) is 0 Å². The Morgan fingerprint density at radius 1 is 0.806 bits per heavy atom. The minimum atomic E-state index is -0.252. The fourth-order valence-corrected chi connectivity index (χ4v) is 2.99. The van der Waals surface area contributed by atoms with Gasteiger partial charge in [-0.2, -0.15) is 9.78 Å². The van der Waals surface area contributed by atoms with Crippen molar-refractivity contribution in [2.75, 3.05) is 27.2 Å². The summed E-state index contributed by atoms with van der Waals surface area (Å²) >= 11 is 0. The Balaban J connectivity index is 1.47. The molecule has 0 N–H and O–H groups in total. The molecule has 31 heavy (non-hydrogen) atoms. The Labute approximate surface area is 180 Å². The Hall–Kier alpha value is -3.84. The summed E-state index contributed by atoms with van der Waals surface area (Å²) in [5.74, 6) is 2.21. The van der Waals surface area contributed by atoms with Crippen LogP contribution in [0, 0.1) is 0 Å². The number of hydrogen-bond acceptors (Lipinski definition) is 5. The van der Waals surface area contributed by atoms with Gasteiger partial charge in [-0.05, 0) is 74.8 Å². The van der Waals surface area contributed by atoms with E-state index < -0.39 is 0 Å². The second-order valence-electron chi connectivity index (χ2n) is 7.25. The Morgan fingerprint density at radius 2 is 1.42 bits per heavy atom. The summed E-state index contributed by atoms with van der Waals surface area (Å²) in [4.78, 5) is 14.9. The van der Waals surface area contributed by atoms with Crippen LogP contribution in [0.25, 0.3) is 11.4 Å². The molecule has 7 heteroatoms. The first-order valence-corrected chi connectivity index (χ1v) is 9.98. The number of nitrogens with zero attached hydrogens (tertiary/aromatic N) is 4. The van der Waals surface area contributed by atoms with Crippen LogP contribution < -0.4 is 15.2 Å². The maximum Gasteiger partial charge on any atom is 0.355 e. The first-order valence-electron chi connectivity index (χ1n) is 9.98. The topological polar surface area (TPSA) is 61.5 Å². The fraction of sp³-hybridized carbons (Fsp3) is 0.167. The third-order valence-corrected chi connectivity index (χ3v) is 4.65. The summed E-state index contributed by atoms with van der Waals surface area (Å²) in [5, 5.41) is 4.26. The Kier molecular flexibility index (Phi) is 6.14. The maximum absolute atomic E-state index is 12.9. The molecule has 4 rings (SSSR count). The van der Waals surface area contributed by atoms with E-state index in [4.69, 9.17) is 9.47 Å². The zero-order chi connectivity index (χ0) is 21.6. The van der Waals surface area contributed by atoms with E-state index in [1.807, 2.05) is 80.8 Å². The van der Waals surface area contributed by atoms with Crippen molar-refractivity contribution in [3.05, 3.63) is 95.7 Å². The molecule has 1 aromatic heterocycles. The van der Waals surface area contributed by atoms with Gasteiger partial charge >= 0.3 is 5.69 Å². The van der Waals surface area contributed by atoms with Gasteiger partial charge in [0.25, 0.3) is 0 Å². The van der Waals surface area contributed by atoms with Crippen molar-refractivity contribution >= 4 is 0 Å². The molecule has 0 unspecified atom stereocenters. The van der Waals surface area contributed by atoms with E-state index >= 15 is 0 Å². The number of para-hydroxylation sites is 1. The summed E-state index contributed by atoms with van der Waals surface area (Å²) in [7, 11) is 4.00. The molecular formula is C24H24N4O3. The lowest BCUT2D eigenvalue weighted by Crippen LogP contribution is -2.22. The van der Waals surface area contributed by atoms with Crippen LogP contribution in [0.3, 0.4) is 0 Å².